The lowest BCUT2D eigenvalue weighted by atomic mass is 10.1. The van der Waals surface area contributed by atoms with E-state index < -0.39 is 0 Å². The molecule has 1 aromatic heterocycles. The average Bonchev–Trinajstić information content (AvgIpc) is 3.03. The van der Waals surface area contributed by atoms with Crippen LogP contribution in [0.2, 0.25) is 0 Å². The maximum Gasteiger partial charge on any atom is 0.276 e. The van der Waals surface area contributed by atoms with Crippen molar-refractivity contribution in [2.24, 2.45) is 0 Å². The van der Waals surface area contributed by atoms with Crippen molar-refractivity contribution in [2.75, 3.05) is 20.2 Å². The number of hydrogen-bond donors (Lipinski definition) is 0. The summed E-state index contributed by atoms with van der Waals surface area (Å²) in [4.78, 5) is 14.4. The molecule has 1 fully saturated rings. The van der Waals surface area contributed by atoms with Gasteiger partial charge in [0.15, 0.2) is 11.5 Å². The first-order chi connectivity index (χ1) is 11.1. The number of rotatable bonds is 3. The first-order valence-electron chi connectivity index (χ1n) is 7.63. The minimum absolute atomic E-state index is 0.0169. The van der Waals surface area contributed by atoms with Crippen LogP contribution in [0.5, 0.6) is 5.75 Å². The van der Waals surface area contributed by atoms with Crippen molar-refractivity contribution in [2.45, 2.75) is 26.1 Å². The van der Waals surface area contributed by atoms with Crippen molar-refractivity contribution in [1.82, 2.24) is 10.1 Å². The molecule has 0 radical (unpaired) electrons. The number of carbonyl (C=O) groups is 1. The largest absolute Gasteiger partial charge is 0.496 e. The predicted molar refractivity (Wildman–Crippen MR) is 84.4 cm³/mol. The number of methoxy groups -OCH3 is 1. The van der Waals surface area contributed by atoms with Crippen molar-refractivity contribution >= 4 is 5.91 Å². The zero-order valence-electron chi connectivity index (χ0n) is 13.5. The first-order valence-corrected chi connectivity index (χ1v) is 7.63. The van der Waals surface area contributed by atoms with E-state index in [1.54, 1.807) is 18.1 Å². The quantitative estimate of drug-likeness (QED) is 0.871. The van der Waals surface area contributed by atoms with E-state index in [1.165, 1.54) is 0 Å². The molecule has 2 heterocycles. The number of nitrogens with zero attached hydrogens (tertiary/aromatic N) is 2. The van der Waals surface area contributed by atoms with Gasteiger partial charge in [-0.25, -0.2) is 0 Å². The van der Waals surface area contributed by atoms with Crippen LogP contribution in [0.1, 0.15) is 24.3 Å². The summed E-state index contributed by atoms with van der Waals surface area (Å²) in [7, 11) is 1.60. The molecule has 23 heavy (non-hydrogen) atoms. The summed E-state index contributed by atoms with van der Waals surface area (Å²) in [5.74, 6) is 1.05. The number of carbonyl (C=O) groups excluding carboxylic acids is 1. The Balaban J connectivity index is 1.83. The van der Waals surface area contributed by atoms with E-state index in [2.05, 4.69) is 5.16 Å². The van der Waals surface area contributed by atoms with Gasteiger partial charge in [-0.1, -0.05) is 17.3 Å². The molecule has 0 saturated carbocycles. The molecule has 0 bridgehead atoms. The third-order valence-electron chi connectivity index (χ3n) is 3.81. The highest BCUT2D eigenvalue weighted by Gasteiger charge is 2.28. The number of para-hydroxylation sites is 1. The molecule has 0 aliphatic carbocycles. The molecule has 122 valence electrons. The smallest absolute Gasteiger partial charge is 0.276 e. The van der Waals surface area contributed by atoms with E-state index >= 15 is 0 Å². The van der Waals surface area contributed by atoms with E-state index in [1.807, 2.05) is 38.1 Å². The van der Waals surface area contributed by atoms with Gasteiger partial charge in [0.2, 0.25) is 0 Å². The molecule has 1 aliphatic heterocycles. The van der Waals surface area contributed by atoms with Crippen molar-refractivity contribution in [3.8, 4) is 17.1 Å². The van der Waals surface area contributed by atoms with Gasteiger partial charge in [0.1, 0.15) is 5.75 Å². The normalized spacial score (nSPS) is 21.3. The van der Waals surface area contributed by atoms with Gasteiger partial charge in [0, 0.05) is 19.2 Å². The zero-order chi connectivity index (χ0) is 16.4. The Kier molecular flexibility index (Phi) is 4.34. The highest BCUT2D eigenvalue weighted by molar-refractivity contribution is 5.93. The third-order valence-corrected chi connectivity index (χ3v) is 3.81. The molecule has 0 unspecified atom stereocenters. The van der Waals surface area contributed by atoms with Gasteiger partial charge in [-0.15, -0.1) is 0 Å². The predicted octanol–water partition coefficient (Wildman–Crippen LogP) is 2.60. The van der Waals surface area contributed by atoms with Crippen LogP contribution in [0.3, 0.4) is 0 Å². The molecule has 1 aromatic carbocycles. The second-order valence-corrected chi connectivity index (χ2v) is 5.74. The van der Waals surface area contributed by atoms with Crippen LogP contribution >= 0.6 is 0 Å². The van der Waals surface area contributed by atoms with Crippen molar-refractivity contribution in [3.05, 3.63) is 36.0 Å². The molecule has 3 rings (SSSR count). The lowest BCUT2D eigenvalue weighted by Gasteiger charge is -2.34. The fourth-order valence-corrected chi connectivity index (χ4v) is 2.86. The van der Waals surface area contributed by atoms with Crippen LogP contribution in [0, 0.1) is 0 Å². The van der Waals surface area contributed by atoms with Gasteiger partial charge in [0.05, 0.1) is 24.9 Å². The number of ether oxygens (including phenoxy) is 2. The first kappa shape index (κ1) is 15.6. The molecule has 0 N–H and O–H groups in total. The van der Waals surface area contributed by atoms with Crippen molar-refractivity contribution in [3.63, 3.8) is 0 Å². The molecular formula is C17H20N2O4. The lowest BCUT2D eigenvalue weighted by molar-refractivity contribution is -0.0588. The summed E-state index contributed by atoms with van der Waals surface area (Å²) in [6.45, 7) is 5.03. The molecule has 1 amide bonds. The molecule has 1 aliphatic rings. The summed E-state index contributed by atoms with van der Waals surface area (Å²) in [6.07, 6.45) is 0.0339. The number of hydrogen-bond acceptors (Lipinski definition) is 5. The lowest BCUT2D eigenvalue weighted by Crippen LogP contribution is -2.48. The number of amides is 1. The highest BCUT2D eigenvalue weighted by Crippen LogP contribution is 2.30. The summed E-state index contributed by atoms with van der Waals surface area (Å²) in [6, 6.07) is 9.12. The van der Waals surface area contributed by atoms with Crippen LogP contribution in [0.4, 0.5) is 0 Å². The number of aromatic nitrogens is 1. The Morgan fingerprint density at radius 2 is 1.96 bits per heavy atom. The van der Waals surface area contributed by atoms with Gasteiger partial charge >= 0.3 is 0 Å². The number of morpholine rings is 1. The summed E-state index contributed by atoms with van der Waals surface area (Å²) in [5.41, 5.74) is 1.07. The van der Waals surface area contributed by atoms with Gasteiger partial charge < -0.3 is 18.9 Å². The third kappa shape index (κ3) is 3.22. The van der Waals surface area contributed by atoms with Crippen molar-refractivity contribution in [1.29, 1.82) is 0 Å². The summed E-state index contributed by atoms with van der Waals surface area (Å²) in [5, 5.41) is 3.93. The Bertz CT molecular complexity index is 687. The van der Waals surface area contributed by atoms with E-state index in [0.29, 0.717) is 30.3 Å². The fraction of sp³-hybridized carbons (Fsp3) is 0.412. The second kappa shape index (κ2) is 6.42. The average molecular weight is 316 g/mol. The van der Waals surface area contributed by atoms with E-state index in [-0.39, 0.29) is 18.1 Å². The number of benzene rings is 1. The molecule has 2 atom stereocenters. The van der Waals surface area contributed by atoms with E-state index in [0.717, 1.165) is 5.56 Å². The Hall–Kier alpha value is -2.34. The van der Waals surface area contributed by atoms with Gasteiger partial charge in [-0.05, 0) is 26.0 Å². The standard InChI is InChI=1S/C17H20N2O4/c1-11-9-19(10-12(2)22-11)17(20)14-8-16(23-18-14)13-6-4-5-7-15(13)21-3/h4-8,11-12H,9-10H2,1-3H3/t11-,12-/m1/s1. The molecule has 6 heteroatoms. The molecule has 2 aromatic rings. The minimum atomic E-state index is -0.142. The van der Waals surface area contributed by atoms with Crippen molar-refractivity contribution < 1.29 is 18.8 Å². The second-order valence-electron chi connectivity index (χ2n) is 5.74. The molecule has 0 spiro atoms. The Labute approximate surface area is 135 Å². The monoisotopic (exact) mass is 316 g/mol. The maximum atomic E-state index is 12.6. The van der Waals surface area contributed by atoms with Crippen LogP contribution in [0.25, 0.3) is 11.3 Å². The molecular weight excluding hydrogens is 296 g/mol. The van der Waals surface area contributed by atoms with Gasteiger partial charge in [-0.2, -0.15) is 0 Å². The molecule has 6 nitrogen and oxygen atoms in total. The summed E-state index contributed by atoms with van der Waals surface area (Å²) < 4.78 is 16.3. The van der Waals surface area contributed by atoms with Crippen LogP contribution in [-0.2, 0) is 4.74 Å². The minimum Gasteiger partial charge on any atom is -0.496 e. The van der Waals surface area contributed by atoms with E-state index in [4.69, 9.17) is 14.0 Å². The van der Waals surface area contributed by atoms with Crippen LogP contribution < -0.4 is 4.74 Å². The van der Waals surface area contributed by atoms with Crippen LogP contribution in [-0.4, -0.2) is 48.4 Å². The maximum absolute atomic E-state index is 12.6. The Morgan fingerprint density at radius 3 is 2.65 bits per heavy atom. The van der Waals surface area contributed by atoms with Crippen LogP contribution in [0.15, 0.2) is 34.9 Å². The zero-order valence-corrected chi connectivity index (χ0v) is 13.5. The highest BCUT2D eigenvalue weighted by atomic mass is 16.5. The molecule has 1 saturated heterocycles. The Morgan fingerprint density at radius 1 is 1.26 bits per heavy atom. The SMILES string of the molecule is COc1ccccc1-c1cc(C(=O)N2C[C@@H](C)O[C@H](C)C2)no1. The van der Waals surface area contributed by atoms with Gasteiger partial charge in [0.25, 0.3) is 5.91 Å². The summed E-state index contributed by atoms with van der Waals surface area (Å²) >= 11 is 0. The fourth-order valence-electron chi connectivity index (χ4n) is 2.86. The van der Waals surface area contributed by atoms with Gasteiger partial charge in [-0.3, -0.25) is 4.79 Å². The van der Waals surface area contributed by atoms with E-state index in [9.17, 15) is 4.79 Å². The topological polar surface area (TPSA) is 64.8 Å².